The van der Waals surface area contributed by atoms with Crippen molar-refractivity contribution >= 4 is 0 Å². The minimum Gasteiger partial charge on any atom is -0.387 e. The molecule has 0 fully saturated rings. The van der Waals surface area contributed by atoms with Crippen LogP contribution in [-0.4, -0.2) is 17.2 Å². The van der Waals surface area contributed by atoms with Crippen LogP contribution < -0.4 is 5.32 Å². The molecular weight excluding hydrogens is 186 g/mol. The highest BCUT2D eigenvalue weighted by Crippen LogP contribution is 2.16. The molecule has 0 saturated heterocycles. The zero-order valence-electron chi connectivity index (χ0n) is 9.77. The Labute approximate surface area is 92.3 Å². The lowest BCUT2D eigenvalue weighted by Gasteiger charge is -2.24. The van der Waals surface area contributed by atoms with Crippen LogP contribution in [-0.2, 0) is 0 Å². The second-order valence-corrected chi connectivity index (χ2v) is 4.12. The number of hydrogen-bond donors (Lipinski definition) is 2. The van der Waals surface area contributed by atoms with Crippen LogP contribution >= 0.6 is 0 Å². The van der Waals surface area contributed by atoms with E-state index in [9.17, 15) is 5.11 Å². The standard InChI is InChI=1S/C13H21NO/c1-4-10(2)14-11(3)13(15)12-8-6-5-7-9-12/h5-11,13-15H,4H2,1-3H3/t10-,11+,13+/m1/s1. The molecule has 1 aromatic carbocycles. The zero-order chi connectivity index (χ0) is 11.3. The van der Waals surface area contributed by atoms with E-state index in [1.807, 2.05) is 37.3 Å². The van der Waals surface area contributed by atoms with Crippen LogP contribution in [0.1, 0.15) is 38.9 Å². The summed E-state index contributed by atoms with van der Waals surface area (Å²) in [6, 6.07) is 10.3. The number of aliphatic hydroxyl groups is 1. The topological polar surface area (TPSA) is 32.3 Å². The van der Waals surface area contributed by atoms with E-state index in [2.05, 4.69) is 19.2 Å². The number of nitrogens with one attached hydrogen (secondary N) is 1. The first-order valence-corrected chi connectivity index (χ1v) is 5.64. The third-order valence-corrected chi connectivity index (χ3v) is 2.77. The average Bonchev–Trinajstić information content (AvgIpc) is 2.29. The van der Waals surface area contributed by atoms with Gasteiger partial charge in [0.1, 0.15) is 0 Å². The van der Waals surface area contributed by atoms with E-state index in [0.717, 1.165) is 12.0 Å². The van der Waals surface area contributed by atoms with Crippen molar-refractivity contribution in [3.8, 4) is 0 Å². The normalized spacial score (nSPS) is 17.1. The van der Waals surface area contributed by atoms with E-state index < -0.39 is 6.10 Å². The molecule has 2 nitrogen and oxygen atoms in total. The van der Waals surface area contributed by atoms with Gasteiger partial charge in [0, 0.05) is 12.1 Å². The molecule has 84 valence electrons. The molecule has 0 bridgehead atoms. The number of rotatable bonds is 5. The van der Waals surface area contributed by atoms with Gasteiger partial charge in [-0.1, -0.05) is 37.3 Å². The van der Waals surface area contributed by atoms with E-state index in [1.54, 1.807) is 0 Å². The lowest BCUT2D eigenvalue weighted by molar-refractivity contribution is 0.130. The summed E-state index contributed by atoms with van der Waals surface area (Å²) in [6.07, 6.45) is 0.645. The summed E-state index contributed by atoms with van der Waals surface area (Å²) in [5, 5.41) is 13.4. The van der Waals surface area contributed by atoms with E-state index >= 15 is 0 Å². The van der Waals surface area contributed by atoms with Crippen LogP contribution in [0.25, 0.3) is 0 Å². The maximum atomic E-state index is 10.1. The van der Waals surface area contributed by atoms with E-state index in [0.29, 0.717) is 6.04 Å². The van der Waals surface area contributed by atoms with Crippen LogP contribution in [0.4, 0.5) is 0 Å². The highest BCUT2D eigenvalue weighted by molar-refractivity contribution is 5.18. The molecule has 0 aromatic heterocycles. The van der Waals surface area contributed by atoms with Crippen LogP contribution in [0.2, 0.25) is 0 Å². The van der Waals surface area contributed by atoms with E-state index in [1.165, 1.54) is 0 Å². The molecule has 0 amide bonds. The van der Waals surface area contributed by atoms with Gasteiger partial charge in [-0.2, -0.15) is 0 Å². The molecule has 15 heavy (non-hydrogen) atoms. The quantitative estimate of drug-likeness (QED) is 0.777. The lowest BCUT2D eigenvalue weighted by Crippen LogP contribution is -2.38. The predicted molar refractivity (Wildman–Crippen MR) is 63.8 cm³/mol. The Morgan fingerprint density at radius 3 is 2.33 bits per heavy atom. The number of hydrogen-bond acceptors (Lipinski definition) is 2. The summed E-state index contributed by atoms with van der Waals surface area (Å²) >= 11 is 0. The van der Waals surface area contributed by atoms with E-state index in [4.69, 9.17) is 0 Å². The Hall–Kier alpha value is -0.860. The first-order chi connectivity index (χ1) is 7.15. The van der Waals surface area contributed by atoms with Gasteiger partial charge in [0.05, 0.1) is 6.10 Å². The molecule has 0 aliphatic heterocycles. The fourth-order valence-corrected chi connectivity index (χ4v) is 1.60. The third-order valence-electron chi connectivity index (χ3n) is 2.77. The molecule has 0 radical (unpaired) electrons. The first-order valence-electron chi connectivity index (χ1n) is 5.64. The van der Waals surface area contributed by atoms with Crippen molar-refractivity contribution in [2.45, 2.75) is 45.4 Å². The third kappa shape index (κ3) is 3.65. The Balaban J connectivity index is 2.57. The summed E-state index contributed by atoms with van der Waals surface area (Å²) in [7, 11) is 0. The zero-order valence-corrected chi connectivity index (χ0v) is 9.77. The van der Waals surface area contributed by atoms with Gasteiger partial charge in [0.25, 0.3) is 0 Å². The van der Waals surface area contributed by atoms with Crippen molar-refractivity contribution in [1.82, 2.24) is 5.32 Å². The molecule has 0 saturated carbocycles. The van der Waals surface area contributed by atoms with E-state index in [-0.39, 0.29) is 6.04 Å². The largest absolute Gasteiger partial charge is 0.387 e. The van der Waals surface area contributed by atoms with Gasteiger partial charge in [-0.25, -0.2) is 0 Å². The molecule has 2 N–H and O–H groups in total. The molecule has 3 atom stereocenters. The van der Waals surface area contributed by atoms with Gasteiger partial charge in [-0.3, -0.25) is 0 Å². The Morgan fingerprint density at radius 2 is 1.80 bits per heavy atom. The maximum absolute atomic E-state index is 10.1. The van der Waals surface area contributed by atoms with Crippen LogP contribution in [0.15, 0.2) is 30.3 Å². The van der Waals surface area contributed by atoms with Crippen LogP contribution in [0.3, 0.4) is 0 Å². The van der Waals surface area contributed by atoms with Gasteiger partial charge in [-0.05, 0) is 25.8 Å². The smallest absolute Gasteiger partial charge is 0.0940 e. The van der Waals surface area contributed by atoms with Gasteiger partial charge < -0.3 is 10.4 Å². The molecule has 1 rings (SSSR count). The van der Waals surface area contributed by atoms with Crippen LogP contribution in [0.5, 0.6) is 0 Å². The van der Waals surface area contributed by atoms with Crippen molar-refractivity contribution in [3.05, 3.63) is 35.9 Å². The number of aliphatic hydroxyl groups excluding tert-OH is 1. The molecule has 0 spiro atoms. The summed E-state index contributed by atoms with van der Waals surface area (Å²) in [6.45, 7) is 6.29. The molecule has 0 heterocycles. The van der Waals surface area contributed by atoms with Crippen molar-refractivity contribution < 1.29 is 5.11 Å². The highest BCUT2D eigenvalue weighted by atomic mass is 16.3. The maximum Gasteiger partial charge on any atom is 0.0940 e. The molecule has 1 aromatic rings. The fourth-order valence-electron chi connectivity index (χ4n) is 1.60. The van der Waals surface area contributed by atoms with Gasteiger partial charge in [-0.15, -0.1) is 0 Å². The Bertz CT molecular complexity index is 273. The fraction of sp³-hybridized carbons (Fsp3) is 0.538. The van der Waals surface area contributed by atoms with Gasteiger partial charge in [0.15, 0.2) is 0 Å². The van der Waals surface area contributed by atoms with Crippen molar-refractivity contribution in [3.63, 3.8) is 0 Å². The molecule has 0 unspecified atom stereocenters. The summed E-state index contributed by atoms with van der Waals surface area (Å²) in [5.74, 6) is 0. The molecule has 0 aliphatic rings. The molecule has 2 heteroatoms. The molecule has 0 aliphatic carbocycles. The lowest BCUT2D eigenvalue weighted by atomic mass is 10.0. The Kier molecular flexibility index (Phi) is 4.79. The summed E-state index contributed by atoms with van der Waals surface area (Å²) in [5.41, 5.74) is 0.973. The second kappa shape index (κ2) is 5.89. The predicted octanol–water partition coefficient (Wildman–Crippen LogP) is 2.50. The SMILES string of the molecule is CC[C@@H](C)N[C@@H](C)[C@H](O)c1ccccc1. The summed E-state index contributed by atoms with van der Waals surface area (Å²) in [4.78, 5) is 0. The van der Waals surface area contributed by atoms with Crippen molar-refractivity contribution in [2.24, 2.45) is 0 Å². The molecular formula is C13H21NO. The minimum atomic E-state index is -0.430. The van der Waals surface area contributed by atoms with Crippen molar-refractivity contribution in [2.75, 3.05) is 0 Å². The second-order valence-electron chi connectivity index (χ2n) is 4.12. The first kappa shape index (κ1) is 12.2. The highest BCUT2D eigenvalue weighted by Gasteiger charge is 2.16. The van der Waals surface area contributed by atoms with Gasteiger partial charge >= 0.3 is 0 Å². The number of benzene rings is 1. The monoisotopic (exact) mass is 207 g/mol. The van der Waals surface area contributed by atoms with Crippen LogP contribution in [0, 0.1) is 0 Å². The summed E-state index contributed by atoms with van der Waals surface area (Å²) < 4.78 is 0. The minimum absolute atomic E-state index is 0.0855. The Morgan fingerprint density at radius 1 is 1.20 bits per heavy atom. The average molecular weight is 207 g/mol. The van der Waals surface area contributed by atoms with Crippen molar-refractivity contribution in [1.29, 1.82) is 0 Å². The van der Waals surface area contributed by atoms with Gasteiger partial charge in [0.2, 0.25) is 0 Å².